The third-order valence-corrected chi connectivity index (χ3v) is 6.08. The van der Waals surface area contributed by atoms with Gasteiger partial charge in [0.15, 0.2) is 5.54 Å². The van der Waals surface area contributed by atoms with Gasteiger partial charge in [-0.25, -0.2) is 4.79 Å². The Kier molecular flexibility index (Phi) is 7.00. The van der Waals surface area contributed by atoms with E-state index in [1.165, 1.54) is 6.92 Å². The highest BCUT2D eigenvalue weighted by Gasteiger charge is 2.52. The van der Waals surface area contributed by atoms with Crippen molar-refractivity contribution in [1.29, 1.82) is 0 Å². The standard InChI is InChI=1S/C30H27NO3/c1-22(32)30(29(33)34,27(23-14-6-2-7-15-23)24-16-8-3-9-17-24)31-28(25-18-10-4-11-19-25)26-20-12-5-13-21-26/h2-22,27,32H,1H3,(H,33,34)/t22-,30-/m1/s1. The summed E-state index contributed by atoms with van der Waals surface area (Å²) in [5.74, 6) is -1.92. The van der Waals surface area contributed by atoms with Crippen LogP contribution < -0.4 is 0 Å². The Morgan fingerprint density at radius 1 is 0.676 bits per heavy atom. The topological polar surface area (TPSA) is 69.9 Å². The molecule has 4 aromatic rings. The number of aliphatic imine (C=N–C) groups is 1. The van der Waals surface area contributed by atoms with Crippen molar-refractivity contribution in [3.05, 3.63) is 144 Å². The van der Waals surface area contributed by atoms with Crippen molar-refractivity contribution in [3.63, 3.8) is 0 Å². The molecule has 4 nitrogen and oxygen atoms in total. The summed E-state index contributed by atoms with van der Waals surface area (Å²) in [5.41, 5.74) is 1.72. The van der Waals surface area contributed by atoms with Gasteiger partial charge >= 0.3 is 5.97 Å². The van der Waals surface area contributed by atoms with Gasteiger partial charge in [-0.3, -0.25) is 4.99 Å². The largest absolute Gasteiger partial charge is 0.479 e. The minimum Gasteiger partial charge on any atom is -0.479 e. The highest BCUT2D eigenvalue weighted by atomic mass is 16.4. The van der Waals surface area contributed by atoms with E-state index in [9.17, 15) is 15.0 Å². The summed E-state index contributed by atoms with van der Waals surface area (Å²) in [6.07, 6.45) is -1.29. The van der Waals surface area contributed by atoms with Crippen LogP contribution in [0.3, 0.4) is 0 Å². The molecule has 0 aliphatic heterocycles. The molecule has 2 N–H and O–H groups in total. The van der Waals surface area contributed by atoms with Crippen LogP contribution in [0.1, 0.15) is 35.1 Å². The van der Waals surface area contributed by atoms with Crippen molar-refractivity contribution >= 4 is 11.7 Å². The first-order chi connectivity index (χ1) is 16.5. The van der Waals surface area contributed by atoms with E-state index in [-0.39, 0.29) is 0 Å². The molecule has 0 heterocycles. The van der Waals surface area contributed by atoms with E-state index in [0.29, 0.717) is 5.71 Å². The molecule has 0 amide bonds. The summed E-state index contributed by atoms with van der Waals surface area (Å²) >= 11 is 0. The summed E-state index contributed by atoms with van der Waals surface area (Å²) in [7, 11) is 0. The second-order valence-electron chi connectivity index (χ2n) is 8.25. The number of aliphatic carboxylic acids is 1. The minimum atomic E-state index is -1.89. The van der Waals surface area contributed by atoms with Gasteiger partial charge in [-0.15, -0.1) is 0 Å². The van der Waals surface area contributed by atoms with Crippen molar-refractivity contribution in [3.8, 4) is 0 Å². The maximum Gasteiger partial charge on any atom is 0.335 e. The Morgan fingerprint density at radius 2 is 1.03 bits per heavy atom. The normalized spacial score (nSPS) is 13.6. The number of aliphatic hydroxyl groups excluding tert-OH is 1. The van der Waals surface area contributed by atoms with Crippen molar-refractivity contribution in [2.45, 2.75) is 24.5 Å². The summed E-state index contributed by atoms with van der Waals surface area (Å²) in [5, 5.41) is 21.9. The second-order valence-corrected chi connectivity index (χ2v) is 8.25. The molecule has 0 aromatic heterocycles. The van der Waals surface area contributed by atoms with Crippen LogP contribution in [0.4, 0.5) is 0 Å². The van der Waals surface area contributed by atoms with Crippen LogP contribution in [-0.4, -0.2) is 33.5 Å². The zero-order chi connectivity index (χ0) is 24.0. The van der Waals surface area contributed by atoms with E-state index in [4.69, 9.17) is 4.99 Å². The number of carboxylic acids is 1. The predicted octanol–water partition coefficient (Wildman–Crippen LogP) is 5.56. The van der Waals surface area contributed by atoms with Crippen LogP contribution in [-0.2, 0) is 4.79 Å². The van der Waals surface area contributed by atoms with Crippen LogP contribution in [0.15, 0.2) is 126 Å². The number of hydrogen-bond acceptors (Lipinski definition) is 3. The minimum absolute atomic E-state index is 0.515. The number of benzene rings is 4. The number of carboxylic acid groups (broad SMARTS) is 1. The number of hydrogen-bond donors (Lipinski definition) is 2. The average molecular weight is 450 g/mol. The lowest BCUT2D eigenvalue weighted by Crippen LogP contribution is -2.52. The van der Waals surface area contributed by atoms with Gasteiger partial charge in [0.1, 0.15) is 0 Å². The molecule has 0 radical (unpaired) electrons. The molecule has 0 spiro atoms. The number of rotatable bonds is 8. The van der Waals surface area contributed by atoms with E-state index >= 15 is 0 Å². The monoisotopic (exact) mass is 449 g/mol. The van der Waals surface area contributed by atoms with Gasteiger partial charge in [0.05, 0.1) is 11.8 Å². The van der Waals surface area contributed by atoms with Crippen LogP contribution in [0, 0.1) is 0 Å². The zero-order valence-electron chi connectivity index (χ0n) is 19.0. The Hall–Kier alpha value is -4.02. The maximum absolute atomic E-state index is 13.2. The lowest BCUT2D eigenvalue weighted by atomic mass is 9.72. The first kappa shape index (κ1) is 23.1. The third-order valence-electron chi connectivity index (χ3n) is 6.08. The van der Waals surface area contributed by atoms with Crippen LogP contribution >= 0.6 is 0 Å². The quantitative estimate of drug-likeness (QED) is 0.346. The third kappa shape index (κ3) is 4.54. The summed E-state index contributed by atoms with van der Waals surface area (Å²) in [4.78, 5) is 18.1. The number of aliphatic hydroxyl groups is 1. The van der Waals surface area contributed by atoms with Gasteiger partial charge in [0.2, 0.25) is 0 Å². The van der Waals surface area contributed by atoms with Gasteiger partial charge < -0.3 is 10.2 Å². The highest BCUT2D eigenvalue weighted by Crippen LogP contribution is 2.41. The molecule has 0 unspecified atom stereocenters. The van der Waals surface area contributed by atoms with E-state index < -0.39 is 23.5 Å². The average Bonchev–Trinajstić information content (AvgIpc) is 2.88. The van der Waals surface area contributed by atoms with Crippen molar-refractivity contribution in [1.82, 2.24) is 0 Å². The fraction of sp³-hybridized carbons (Fsp3) is 0.133. The SMILES string of the molecule is C[C@@H](O)[C@](N=C(c1ccccc1)c1ccccc1)(C(=O)O)C(c1ccccc1)c1ccccc1. The van der Waals surface area contributed by atoms with Crippen LogP contribution in [0.2, 0.25) is 0 Å². The lowest BCUT2D eigenvalue weighted by Gasteiger charge is -2.38. The molecule has 0 bridgehead atoms. The summed E-state index contributed by atoms with van der Waals surface area (Å²) in [6.45, 7) is 1.50. The summed E-state index contributed by atoms with van der Waals surface area (Å²) in [6, 6.07) is 37.8. The van der Waals surface area contributed by atoms with Gasteiger partial charge in [0, 0.05) is 17.0 Å². The maximum atomic E-state index is 13.2. The molecule has 170 valence electrons. The van der Waals surface area contributed by atoms with Gasteiger partial charge in [-0.1, -0.05) is 121 Å². The molecule has 4 heteroatoms. The second kappa shape index (κ2) is 10.3. The molecule has 4 aromatic carbocycles. The van der Waals surface area contributed by atoms with E-state index in [1.54, 1.807) is 0 Å². The smallest absolute Gasteiger partial charge is 0.335 e. The zero-order valence-corrected chi connectivity index (χ0v) is 19.0. The molecular weight excluding hydrogens is 422 g/mol. The van der Waals surface area contributed by atoms with Gasteiger partial charge in [0.25, 0.3) is 0 Å². The van der Waals surface area contributed by atoms with Crippen molar-refractivity contribution < 1.29 is 15.0 Å². The molecule has 0 aliphatic rings. The molecule has 4 rings (SSSR count). The molecule has 0 fully saturated rings. The van der Waals surface area contributed by atoms with Crippen LogP contribution in [0.25, 0.3) is 0 Å². The van der Waals surface area contributed by atoms with Crippen molar-refractivity contribution in [2.24, 2.45) is 4.99 Å². The fourth-order valence-corrected chi connectivity index (χ4v) is 4.41. The number of carbonyl (C=O) groups is 1. The highest BCUT2D eigenvalue weighted by molar-refractivity contribution is 6.14. The summed E-state index contributed by atoms with van der Waals surface area (Å²) < 4.78 is 0. The molecule has 34 heavy (non-hydrogen) atoms. The van der Waals surface area contributed by atoms with Gasteiger partial charge in [-0.2, -0.15) is 0 Å². The fourth-order valence-electron chi connectivity index (χ4n) is 4.41. The van der Waals surface area contributed by atoms with E-state index in [2.05, 4.69) is 0 Å². The number of nitrogens with zero attached hydrogens (tertiary/aromatic N) is 1. The van der Waals surface area contributed by atoms with E-state index in [0.717, 1.165) is 22.3 Å². The molecular formula is C30H27NO3. The first-order valence-corrected chi connectivity index (χ1v) is 11.3. The first-order valence-electron chi connectivity index (χ1n) is 11.3. The lowest BCUT2D eigenvalue weighted by molar-refractivity contribution is -0.148. The Balaban J connectivity index is 2.06. The Labute approximate surface area is 199 Å². The van der Waals surface area contributed by atoms with Gasteiger partial charge in [-0.05, 0) is 18.1 Å². The van der Waals surface area contributed by atoms with Crippen LogP contribution in [0.5, 0.6) is 0 Å². The molecule has 0 saturated carbocycles. The molecule has 0 saturated heterocycles. The molecule has 2 atom stereocenters. The molecule has 0 aliphatic carbocycles. The van der Waals surface area contributed by atoms with Crippen molar-refractivity contribution in [2.75, 3.05) is 0 Å². The Morgan fingerprint density at radius 3 is 1.35 bits per heavy atom. The Bertz CT molecular complexity index is 1160. The predicted molar refractivity (Wildman–Crippen MR) is 135 cm³/mol. The van der Waals surface area contributed by atoms with E-state index in [1.807, 2.05) is 121 Å².